The average molecular weight is 508 g/mol. The van der Waals surface area contributed by atoms with Crippen LogP contribution in [0.3, 0.4) is 0 Å². The maximum atomic E-state index is 13.0. The first-order valence-corrected chi connectivity index (χ1v) is 14.3. The summed E-state index contributed by atoms with van der Waals surface area (Å²) in [6, 6.07) is 16.8. The van der Waals surface area contributed by atoms with Crippen molar-refractivity contribution in [3.8, 4) is 0 Å². The fourth-order valence-electron chi connectivity index (χ4n) is 6.70. The van der Waals surface area contributed by atoms with Gasteiger partial charge in [-0.1, -0.05) is 50.2 Å². The predicted molar refractivity (Wildman–Crippen MR) is 155 cm³/mol. The molecule has 0 amide bonds. The van der Waals surface area contributed by atoms with Crippen molar-refractivity contribution >= 4 is 22.9 Å². The van der Waals surface area contributed by atoms with Gasteiger partial charge in [-0.2, -0.15) is 0 Å². The van der Waals surface area contributed by atoms with Gasteiger partial charge in [-0.05, 0) is 65.8 Å². The zero-order valence-corrected chi connectivity index (χ0v) is 23.0. The van der Waals surface area contributed by atoms with Gasteiger partial charge in [0.2, 0.25) is 0 Å². The highest BCUT2D eigenvalue weighted by molar-refractivity contribution is 6.06. The Balaban J connectivity index is 1.43. The summed E-state index contributed by atoms with van der Waals surface area (Å²) in [5, 5.41) is 0. The molecule has 2 saturated heterocycles. The molecule has 2 aliphatic carbocycles. The van der Waals surface area contributed by atoms with Crippen LogP contribution in [0.5, 0.6) is 0 Å². The molecule has 196 valence electrons. The summed E-state index contributed by atoms with van der Waals surface area (Å²) >= 11 is 0. The highest BCUT2D eigenvalue weighted by Gasteiger charge is 2.40. The predicted octanol–water partition coefficient (Wildman–Crippen LogP) is 6.25. The van der Waals surface area contributed by atoms with Crippen molar-refractivity contribution in [2.75, 3.05) is 31.1 Å². The van der Waals surface area contributed by atoms with E-state index in [9.17, 15) is 4.79 Å². The molecular weight excluding hydrogens is 468 g/mol. The van der Waals surface area contributed by atoms with E-state index in [0.29, 0.717) is 0 Å². The molecule has 0 aromatic heterocycles. The largest absolute Gasteiger partial charge is 0.457 e. The minimum absolute atomic E-state index is 0.159. The van der Waals surface area contributed by atoms with Gasteiger partial charge in [-0.15, -0.1) is 0 Å². The molecule has 2 aliphatic heterocycles. The van der Waals surface area contributed by atoms with E-state index in [1.807, 2.05) is 37.3 Å². The van der Waals surface area contributed by atoms with Crippen LogP contribution in [0.25, 0.3) is 5.57 Å². The average Bonchev–Trinajstić information content (AvgIpc) is 3.64. The number of nitrogens with zero attached hydrogens (tertiary/aromatic N) is 2. The second kappa shape index (κ2) is 10.1. The first-order chi connectivity index (χ1) is 18.4. The molecule has 0 N–H and O–H groups in total. The summed E-state index contributed by atoms with van der Waals surface area (Å²) in [5.41, 5.74) is 9.63. The third-order valence-electron chi connectivity index (χ3n) is 8.78. The zero-order chi connectivity index (χ0) is 26.3. The molecule has 0 spiro atoms. The lowest BCUT2D eigenvalue weighted by Gasteiger charge is -2.40. The van der Waals surface area contributed by atoms with Crippen LogP contribution in [-0.4, -0.2) is 48.5 Å². The maximum absolute atomic E-state index is 13.0. The Bertz CT molecular complexity index is 1360. The second-order valence-electron chi connectivity index (χ2n) is 11.7. The van der Waals surface area contributed by atoms with Crippen LogP contribution in [0.4, 0.5) is 5.69 Å². The lowest BCUT2D eigenvalue weighted by molar-refractivity contribution is -0.504. The minimum atomic E-state index is -0.352. The van der Waals surface area contributed by atoms with Gasteiger partial charge in [-0.25, -0.2) is 4.58 Å². The monoisotopic (exact) mass is 507 g/mol. The lowest BCUT2D eigenvalue weighted by Crippen LogP contribution is -2.33. The Morgan fingerprint density at radius 1 is 1.00 bits per heavy atom. The lowest BCUT2D eigenvalue weighted by atomic mass is 9.64. The number of fused-ring (bicyclic) bond motifs is 2. The molecule has 2 fully saturated rings. The molecule has 1 unspecified atom stereocenters. The quantitative estimate of drug-likeness (QED) is 0.354. The number of carbonyl (C=O) groups excluding carboxylic acids is 1. The van der Waals surface area contributed by atoms with Crippen molar-refractivity contribution in [2.24, 2.45) is 0 Å². The van der Waals surface area contributed by atoms with Gasteiger partial charge < -0.3 is 9.64 Å². The molecule has 2 aromatic rings. The van der Waals surface area contributed by atoms with Gasteiger partial charge in [0, 0.05) is 54.8 Å². The molecule has 4 heteroatoms. The standard InChI is InChI=1S/C34H39N2O2/c1-24(38-32(37)21-25-11-5-4-6-12-25)33-28-15-13-26(35-17-7-8-18-35)22-30(28)34(2,3)31-23-27(14-16-29(31)33)36-19-9-10-20-36/h4-6,11-16,22-24H,7-10,17-21H2,1-3H3/q+1. The van der Waals surface area contributed by atoms with E-state index in [1.54, 1.807) is 0 Å². The van der Waals surface area contributed by atoms with E-state index in [-0.39, 0.29) is 23.9 Å². The van der Waals surface area contributed by atoms with Crippen LogP contribution in [0.15, 0.2) is 77.9 Å². The molecular formula is C34H39N2O2+. The second-order valence-corrected chi connectivity index (χ2v) is 11.7. The molecule has 2 heterocycles. The smallest absolute Gasteiger partial charge is 0.310 e. The molecule has 1 atom stereocenters. The first-order valence-electron chi connectivity index (χ1n) is 14.3. The Labute approximate surface area is 227 Å². The SMILES string of the molecule is CC(OC(=O)Cc1ccccc1)C1=C2C=CC(=[N+]3CCCC3)C=C2C(C)(C)c2cc(N3CCCC3)ccc21. The molecule has 4 nitrogen and oxygen atoms in total. The Hall–Kier alpha value is -3.40. The number of benzene rings is 2. The molecule has 0 radical (unpaired) electrons. The van der Waals surface area contributed by atoms with Crippen molar-refractivity contribution in [1.82, 2.24) is 0 Å². The summed E-state index contributed by atoms with van der Waals surface area (Å²) in [5.74, 6) is -0.188. The summed E-state index contributed by atoms with van der Waals surface area (Å²) in [6.07, 6.45) is 11.9. The van der Waals surface area contributed by atoms with Gasteiger partial charge in [0.1, 0.15) is 19.2 Å². The maximum Gasteiger partial charge on any atom is 0.310 e. The van der Waals surface area contributed by atoms with E-state index >= 15 is 0 Å². The number of hydrogen-bond donors (Lipinski definition) is 0. The summed E-state index contributed by atoms with van der Waals surface area (Å²) in [6.45, 7) is 11.2. The fraction of sp³-hybridized carbons (Fsp3) is 0.412. The Morgan fingerprint density at radius 3 is 2.47 bits per heavy atom. The molecule has 0 bridgehead atoms. The topological polar surface area (TPSA) is 32.6 Å². The number of hydrogen-bond acceptors (Lipinski definition) is 3. The van der Waals surface area contributed by atoms with Gasteiger partial charge in [0.25, 0.3) is 0 Å². The van der Waals surface area contributed by atoms with E-state index in [0.717, 1.165) is 37.3 Å². The van der Waals surface area contributed by atoms with Gasteiger partial charge in [-0.3, -0.25) is 4.79 Å². The van der Waals surface area contributed by atoms with Crippen LogP contribution < -0.4 is 4.90 Å². The van der Waals surface area contributed by atoms with Crippen molar-refractivity contribution < 1.29 is 14.1 Å². The van der Waals surface area contributed by atoms with Crippen LogP contribution >= 0.6 is 0 Å². The van der Waals surface area contributed by atoms with Crippen molar-refractivity contribution in [3.05, 3.63) is 94.6 Å². The van der Waals surface area contributed by atoms with E-state index < -0.39 is 0 Å². The van der Waals surface area contributed by atoms with Crippen LogP contribution in [0.2, 0.25) is 0 Å². The first kappa shape index (κ1) is 24.9. The Morgan fingerprint density at radius 2 is 1.74 bits per heavy atom. The number of allylic oxidation sites excluding steroid dienone is 5. The fourth-order valence-corrected chi connectivity index (χ4v) is 6.70. The van der Waals surface area contributed by atoms with Crippen molar-refractivity contribution in [2.45, 2.75) is 64.4 Å². The number of ether oxygens (including phenoxy) is 1. The van der Waals surface area contributed by atoms with Gasteiger partial charge >= 0.3 is 5.97 Å². The van der Waals surface area contributed by atoms with Gasteiger partial charge in [0.05, 0.1) is 6.42 Å². The zero-order valence-electron chi connectivity index (χ0n) is 23.0. The molecule has 6 rings (SSSR count). The normalized spacial score (nSPS) is 20.8. The molecule has 38 heavy (non-hydrogen) atoms. The summed E-state index contributed by atoms with van der Waals surface area (Å²) in [4.78, 5) is 15.5. The minimum Gasteiger partial charge on any atom is -0.457 e. The van der Waals surface area contributed by atoms with Gasteiger partial charge in [0.15, 0.2) is 5.71 Å². The van der Waals surface area contributed by atoms with Crippen LogP contribution in [-0.2, 0) is 21.4 Å². The highest BCUT2D eigenvalue weighted by atomic mass is 16.5. The molecule has 0 saturated carbocycles. The third-order valence-corrected chi connectivity index (χ3v) is 8.78. The Kier molecular flexibility index (Phi) is 6.59. The van der Waals surface area contributed by atoms with Crippen LogP contribution in [0.1, 0.15) is 63.1 Å². The summed E-state index contributed by atoms with van der Waals surface area (Å²) in [7, 11) is 0. The summed E-state index contributed by atoms with van der Waals surface area (Å²) < 4.78 is 8.65. The van der Waals surface area contributed by atoms with Crippen molar-refractivity contribution in [3.63, 3.8) is 0 Å². The molecule has 2 aromatic carbocycles. The number of anilines is 1. The van der Waals surface area contributed by atoms with Crippen molar-refractivity contribution in [1.29, 1.82) is 0 Å². The number of carbonyl (C=O) groups is 1. The van der Waals surface area contributed by atoms with E-state index in [1.165, 1.54) is 59.4 Å². The number of rotatable bonds is 5. The van der Waals surface area contributed by atoms with E-state index in [2.05, 4.69) is 59.8 Å². The number of esters is 1. The molecule has 4 aliphatic rings. The van der Waals surface area contributed by atoms with E-state index in [4.69, 9.17) is 4.74 Å². The highest BCUT2D eigenvalue weighted by Crippen LogP contribution is 2.50. The third kappa shape index (κ3) is 4.55. The van der Waals surface area contributed by atoms with Crippen LogP contribution in [0, 0.1) is 0 Å².